The van der Waals surface area contributed by atoms with Crippen LogP contribution in [0.4, 0.5) is 0 Å². The molecule has 86 valence electrons. The zero-order valence-corrected chi connectivity index (χ0v) is 10.9. The number of hydrogen-bond acceptors (Lipinski definition) is 3. The molecule has 0 aromatic heterocycles. The van der Waals surface area contributed by atoms with Crippen LogP contribution in [-0.2, 0) is 0 Å². The van der Waals surface area contributed by atoms with E-state index in [2.05, 4.69) is 34.2 Å². The summed E-state index contributed by atoms with van der Waals surface area (Å²) in [6.07, 6.45) is 1.11. The van der Waals surface area contributed by atoms with Gasteiger partial charge in [-0.2, -0.15) is 5.26 Å². The molecule has 1 aromatic carbocycles. The highest BCUT2D eigenvalue weighted by molar-refractivity contribution is 9.10. The fourth-order valence-electron chi connectivity index (χ4n) is 1.27. The summed E-state index contributed by atoms with van der Waals surface area (Å²) in [7, 11) is 0. The van der Waals surface area contributed by atoms with Gasteiger partial charge >= 0.3 is 0 Å². The van der Waals surface area contributed by atoms with Gasteiger partial charge in [-0.3, -0.25) is 0 Å². The molecule has 0 unspecified atom stereocenters. The predicted octanol–water partition coefficient (Wildman–Crippen LogP) is 2.70. The number of ether oxygens (including phenoxy) is 1. The van der Waals surface area contributed by atoms with E-state index in [-0.39, 0.29) is 0 Å². The molecule has 0 aliphatic heterocycles. The van der Waals surface area contributed by atoms with E-state index in [1.165, 1.54) is 0 Å². The molecular weight excluding hydrogens is 268 g/mol. The normalized spacial score (nSPS) is 9.81. The summed E-state index contributed by atoms with van der Waals surface area (Å²) in [6.45, 7) is 4.49. The summed E-state index contributed by atoms with van der Waals surface area (Å²) in [5.41, 5.74) is 0.554. The Kier molecular flexibility index (Phi) is 5.91. The molecule has 0 bridgehead atoms. The van der Waals surface area contributed by atoms with Gasteiger partial charge in [-0.15, -0.1) is 0 Å². The van der Waals surface area contributed by atoms with Crippen molar-refractivity contribution in [3.05, 3.63) is 28.2 Å². The van der Waals surface area contributed by atoms with Crippen molar-refractivity contribution in [1.29, 1.82) is 5.26 Å². The van der Waals surface area contributed by atoms with Gasteiger partial charge in [-0.05, 0) is 41.0 Å². The third kappa shape index (κ3) is 3.84. The van der Waals surface area contributed by atoms with Crippen LogP contribution in [0.1, 0.15) is 18.9 Å². The SMILES string of the molecule is CCCNCCOc1cccc(Br)c1C#N. The number of nitriles is 1. The molecular formula is C12H15BrN2O. The summed E-state index contributed by atoms with van der Waals surface area (Å²) < 4.78 is 6.31. The largest absolute Gasteiger partial charge is 0.491 e. The van der Waals surface area contributed by atoms with Crippen LogP contribution >= 0.6 is 15.9 Å². The molecule has 0 heterocycles. The highest BCUT2D eigenvalue weighted by Crippen LogP contribution is 2.25. The Morgan fingerprint density at radius 2 is 2.25 bits per heavy atom. The molecule has 0 saturated heterocycles. The second-order valence-corrected chi connectivity index (χ2v) is 4.18. The Bertz CT molecular complexity index is 374. The minimum atomic E-state index is 0.554. The van der Waals surface area contributed by atoms with E-state index in [1.807, 2.05) is 18.2 Å². The average Bonchev–Trinajstić information content (AvgIpc) is 2.29. The average molecular weight is 283 g/mol. The molecule has 1 N–H and O–H groups in total. The Labute approximate surface area is 105 Å². The molecule has 0 spiro atoms. The van der Waals surface area contributed by atoms with Crippen molar-refractivity contribution >= 4 is 15.9 Å². The van der Waals surface area contributed by atoms with Crippen LogP contribution in [0.3, 0.4) is 0 Å². The number of benzene rings is 1. The van der Waals surface area contributed by atoms with Crippen LogP contribution in [0.2, 0.25) is 0 Å². The van der Waals surface area contributed by atoms with E-state index in [0.29, 0.717) is 17.9 Å². The lowest BCUT2D eigenvalue weighted by molar-refractivity contribution is 0.313. The molecule has 1 rings (SSSR count). The molecule has 1 aromatic rings. The van der Waals surface area contributed by atoms with Gasteiger partial charge < -0.3 is 10.1 Å². The van der Waals surface area contributed by atoms with Crippen LogP contribution in [0.5, 0.6) is 5.75 Å². The molecule has 4 heteroatoms. The first-order valence-corrected chi connectivity index (χ1v) is 6.11. The Balaban J connectivity index is 2.48. The zero-order valence-electron chi connectivity index (χ0n) is 9.29. The highest BCUT2D eigenvalue weighted by atomic mass is 79.9. The monoisotopic (exact) mass is 282 g/mol. The van der Waals surface area contributed by atoms with E-state index in [0.717, 1.165) is 24.0 Å². The van der Waals surface area contributed by atoms with Crippen LogP contribution in [0, 0.1) is 11.3 Å². The summed E-state index contributed by atoms with van der Waals surface area (Å²) in [5.74, 6) is 0.634. The fraction of sp³-hybridized carbons (Fsp3) is 0.417. The zero-order chi connectivity index (χ0) is 11.8. The van der Waals surface area contributed by atoms with Crippen molar-refractivity contribution in [1.82, 2.24) is 5.32 Å². The first-order valence-electron chi connectivity index (χ1n) is 5.31. The minimum Gasteiger partial charge on any atom is -0.491 e. The summed E-state index contributed by atoms with van der Waals surface area (Å²) in [6, 6.07) is 7.63. The summed E-state index contributed by atoms with van der Waals surface area (Å²) in [5, 5.41) is 12.2. The number of rotatable bonds is 6. The lowest BCUT2D eigenvalue weighted by Gasteiger charge is -2.09. The first kappa shape index (κ1) is 13.0. The van der Waals surface area contributed by atoms with Gasteiger partial charge in [0.1, 0.15) is 24.0 Å². The number of hydrogen-bond donors (Lipinski definition) is 1. The molecule has 0 amide bonds. The summed E-state index contributed by atoms with van der Waals surface area (Å²) in [4.78, 5) is 0. The fourth-order valence-corrected chi connectivity index (χ4v) is 1.70. The van der Waals surface area contributed by atoms with Gasteiger partial charge in [0.05, 0.1) is 0 Å². The Hall–Kier alpha value is -1.05. The van der Waals surface area contributed by atoms with Crippen molar-refractivity contribution in [2.45, 2.75) is 13.3 Å². The third-order valence-electron chi connectivity index (χ3n) is 2.05. The van der Waals surface area contributed by atoms with Gasteiger partial charge in [0, 0.05) is 11.0 Å². The van der Waals surface area contributed by atoms with Crippen LogP contribution in [0.25, 0.3) is 0 Å². The predicted molar refractivity (Wildman–Crippen MR) is 67.5 cm³/mol. The maximum atomic E-state index is 8.96. The van der Waals surface area contributed by atoms with E-state index >= 15 is 0 Å². The van der Waals surface area contributed by atoms with Crippen molar-refractivity contribution in [2.24, 2.45) is 0 Å². The maximum Gasteiger partial charge on any atom is 0.138 e. The van der Waals surface area contributed by atoms with Gasteiger partial charge in [0.15, 0.2) is 0 Å². The maximum absolute atomic E-state index is 8.96. The molecule has 0 aliphatic rings. The highest BCUT2D eigenvalue weighted by Gasteiger charge is 2.06. The van der Waals surface area contributed by atoms with Gasteiger partial charge in [-0.1, -0.05) is 13.0 Å². The van der Waals surface area contributed by atoms with Crippen molar-refractivity contribution in [3.63, 3.8) is 0 Å². The number of nitrogens with one attached hydrogen (secondary N) is 1. The first-order chi connectivity index (χ1) is 7.79. The van der Waals surface area contributed by atoms with Gasteiger partial charge in [0.25, 0.3) is 0 Å². The quantitative estimate of drug-likeness (QED) is 0.816. The Morgan fingerprint density at radius 3 is 2.94 bits per heavy atom. The molecule has 0 aliphatic carbocycles. The number of nitrogens with zero attached hydrogens (tertiary/aromatic N) is 1. The molecule has 3 nitrogen and oxygen atoms in total. The molecule has 0 atom stereocenters. The molecule has 16 heavy (non-hydrogen) atoms. The molecule has 0 fully saturated rings. The van der Waals surface area contributed by atoms with Crippen molar-refractivity contribution in [3.8, 4) is 11.8 Å². The van der Waals surface area contributed by atoms with E-state index in [4.69, 9.17) is 10.00 Å². The minimum absolute atomic E-state index is 0.554. The topological polar surface area (TPSA) is 45.0 Å². The van der Waals surface area contributed by atoms with Crippen LogP contribution < -0.4 is 10.1 Å². The lowest BCUT2D eigenvalue weighted by Crippen LogP contribution is -2.21. The van der Waals surface area contributed by atoms with Crippen LogP contribution in [0.15, 0.2) is 22.7 Å². The lowest BCUT2D eigenvalue weighted by atomic mass is 10.2. The van der Waals surface area contributed by atoms with Crippen molar-refractivity contribution in [2.75, 3.05) is 19.7 Å². The summed E-state index contributed by atoms with van der Waals surface area (Å²) >= 11 is 3.32. The second kappa shape index (κ2) is 7.26. The van der Waals surface area contributed by atoms with Gasteiger partial charge in [-0.25, -0.2) is 0 Å². The van der Waals surface area contributed by atoms with E-state index < -0.39 is 0 Å². The number of halogens is 1. The third-order valence-corrected chi connectivity index (χ3v) is 2.71. The van der Waals surface area contributed by atoms with Gasteiger partial charge in [0.2, 0.25) is 0 Å². The molecule has 0 saturated carbocycles. The standard InChI is InChI=1S/C12H15BrN2O/c1-2-6-15-7-8-16-12-5-3-4-11(13)10(12)9-14/h3-5,15H,2,6-8H2,1H3. The smallest absolute Gasteiger partial charge is 0.138 e. The van der Waals surface area contributed by atoms with E-state index in [9.17, 15) is 0 Å². The Morgan fingerprint density at radius 1 is 1.44 bits per heavy atom. The molecule has 0 radical (unpaired) electrons. The second-order valence-electron chi connectivity index (χ2n) is 3.32. The van der Waals surface area contributed by atoms with Crippen LogP contribution in [-0.4, -0.2) is 19.7 Å². The van der Waals surface area contributed by atoms with Crippen molar-refractivity contribution < 1.29 is 4.74 Å². The van der Waals surface area contributed by atoms with E-state index in [1.54, 1.807) is 0 Å².